The van der Waals surface area contributed by atoms with Crippen LogP contribution in [0.15, 0.2) is 24.3 Å². The van der Waals surface area contributed by atoms with E-state index in [-0.39, 0.29) is 11.8 Å². The maximum absolute atomic E-state index is 11.8. The second-order valence-electron chi connectivity index (χ2n) is 6.22. The fourth-order valence-corrected chi connectivity index (χ4v) is 2.79. The molecule has 0 spiro atoms. The Bertz CT molecular complexity index is 639. The third kappa shape index (κ3) is 5.60. The Hall–Kier alpha value is -2.86. The first kappa shape index (κ1) is 21.2. The zero-order chi connectivity index (χ0) is 19.7. The normalized spacial score (nSPS) is 12.4. The number of nitrogens with zero attached hydrogens (tertiary/aromatic N) is 4. The minimum absolute atomic E-state index is 0.134. The van der Waals surface area contributed by atoms with Crippen LogP contribution >= 0.6 is 0 Å². The molecule has 2 amide bonds. The van der Waals surface area contributed by atoms with Crippen LogP contribution in [0.4, 0.5) is 0 Å². The summed E-state index contributed by atoms with van der Waals surface area (Å²) in [5, 5.41) is 18.4. The van der Waals surface area contributed by atoms with Gasteiger partial charge in [0.2, 0.25) is 11.8 Å². The summed E-state index contributed by atoms with van der Waals surface area (Å²) in [5.41, 5.74) is 1.83. The van der Waals surface area contributed by atoms with Crippen molar-refractivity contribution >= 4 is 11.8 Å². The van der Waals surface area contributed by atoms with Crippen LogP contribution in [0.1, 0.15) is 51.7 Å². The molecular formula is C20H26N4O2. The lowest BCUT2D eigenvalue weighted by Crippen LogP contribution is -2.37. The van der Waals surface area contributed by atoms with Crippen LogP contribution in [0.3, 0.4) is 0 Å². The molecule has 2 atom stereocenters. The van der Waals surface area contributed by atoms with Gasteiger partial charge in [0.25, 0.3) is 0 Å². The molecule has 0 fully saturated rings. The lowest BCUT2D eigenvalue weighted by Gasteiger charge is -2.26. The van der Waals surface area contributed by atoms with E-state index < -0.39 is 12.1 Å². The molecule has 0 saturated carbocycles. The summed E-state index contributed by atoms with van der Waals surface area (Å²) in [6.45, 7) is 7.42. The van der Waals surface area contributed by atoms with E-state index in [1.54, 1.807) is 9.80 Å². The van der Waals surface area contributed by atoms with Crippen molar-refractivity contribution in [2.45, 2.75) is 65.7 Å². The Morgan fingerprint density at radius 2 is 1.15 bits per heavy atom. The van der Waals surface area contributed by atoms with Crippen LogP contribution in [0, 0.1) is 22.7 Å². The maximum Gasteiger partial charge on any atom is 0.220 e. The van der Waals surface area contributed by atoms with Crippen LogP contribution in [0.5, 0.6) is 0 Å². The topological polar surface area (TPSA) is 88.2 Å². The lowest BCUT2D eigenvalue weighted by molar-refractivity contribution is -0.131. The monoisotopic (exact) mass is 354 g/mol. The van der Waals surface area contributed by atoms with Gasteiger partial charge < -0.3 is 9.80 Å². The minimum atomic E-state index is -0.443. The quantitative estimate of drug-likeness (QED) is 0.718. The third-order valence-electron chi connectivity index (χ3n) is 4.36. The first-order valence-corrected chi connectivity index (χ1v) is 8.79. The second kappa shape index (κ2) is 10.2. The van der Waals surface area contributed by atoms with Gasteiger partial charge in [-0.15, -0.1) is 0 Å². The number of rotatable bonds is 8. The van der Waals surface area contributed by atoms with Crippen molar-refractivity contribution in [3.8, 4) is 12.1 Å². The first-order valence-electron chi connectivity index (χ1n) is 8.79. The summed E-state index contributed by atoms with van der Waals surface area (Å²) in [6, 6.07) is 11.0. The van der Waals surface area contributed by atoms with Crippen LogP contribution in [0.25, 0.3) is 0 Å². The van der Waals surface area contributed by atoms with Gasteiger partial charge in [-0.05, 0) is 24.0 Å². The van der Waals surface area contributed by atoms with Crippen molar-refractivity contribution in [1.82, 2.24) is 9.80 Å². The SMILES string of the molecule is CCC(C#N)N(Cc1ccc(CN(C(C)=O)C(C#N)CC)cc1)C(C)=O. The van der Waals surface area contributed by atoms with Gasteiger partial charge in [0.05, 0.1) is 12.1 Å². The molecule has 0 N–H and O–H groups in total. The van der Waals surface area contributed by atoms with Crippen LogP contribution in [-0.4, -0.2) is 33.7 Å². The zero-order valence-electron chi connectivity index (χ0n) is 15.9. The Labute approximate surface area is 155 Å². The highest BCUT2D eigenvalue weighted by Gasteiger charge is 2.20. The Morgan fingerprint density at radius 1 is 0.846 bits per heavy atom. The van der Waals surface area contributed by atoms with Crippen LogP contribution in [0.2, 0.25) is 0 Å². The van der Waals surface area contributed by atoms with Gasteiger partial charge in [0.15, 0.2) is 0 Å². The molecule has 1 aromatic carbocycles. The molecule has 26 heavy (non-hydrogen) atoms. The molecular weight excluding hydrogens is 328 g/mol. The van der Waals surface area contributed by atoms with E-state index in [4.69, 9.17) is 0 Å². The van der Waals surface area contributed by atoms with E-state index in [2.05, 4.69) is 12.1 Å². The first-order chi connectivity index (χ1) is 12.4. The molecule has 0 aliphatic carbocycles. The van der Waals surface area contributed by atoms with Crippen LogP contribution < -0.4 is 0 Å². The van der Waals surface area contributed by atoms with E-state index >= 15 is 0 Å². The van der Waals surface area contributed by atoms with Crippen molar-refractivity contribution in [2.75, 3.05) is 0 Å². The molecule has 2 unspecified atom stereocenters. The molecule has 6 heteroatoms. The summed E-state index contributed by atoms with van der Waals surface area (Å²) >= 11 is 0. The van der Waals surface area contributed by atoms with Crippen LogP contribution in [-0.2, 0) is 22.7 Å². The number of hydrogen-bond acceptors (Lipinski definition) is 4. The van der Waals surface area contributed by atoms with E-state index in [0.717, 1.165) is 11.1 Å². The summed E-state index contributed by atoms with van der Waals surface area (Å²) in [6.07, 6.45) is 1.16. The molecule has 138 valence electrons. The molecule has 0 aliphatic heterocycles. The number of benzene rings is 1. The molecule has 0 radical (unpaired) electrons. The van der Waals surface area contributed by atoms with E-state index in [1.807, 2.05) is 38.1 Å². The molecule has 0 bridgehead atoms. The van der Waals surface area contributed by atoms with Gasteiger partial charge in [0, 0.05) is 26.9 Å². The largest absolute Gasteiger partial charge is 0.323 e. The van der Waals surface area contributed by atoms with Gasteiger partial charge >= 0.3 is 0 Å². The highest BCUT2D eigenvalue weighted by molar-refractivity contribution is 5.74. The lowest BCUT2D eigenvalue weighted by atomic mass is 10.1. The van der Waals surface area contributed by atoms with Gasteiger partial charge in [-0.3, -0.25) is 9.59 Å². The molecule has 6 nitrogen and oxygen atoms in total. The Balaban J connectivity index is 2.91. The number of nitriles is 2. The van der Waals surface area contributed by atoms with E-state index in [9.17, 15) is 20.1 Å². The molecule has 0 aromatic heterocycles. The molecule has 0 heterocycles. The smallest absolute Gasteiger partial charge is 0.220 e. The van der Waals surface area contributed by atoms with Gasteiger partial charge in [-0.1, -0.05) is 38.1 Å². The predicted molar refractivity (Wildman–Crippen MR) is 98.3 cm³/mol. The van der Waals surface area contributed by atoms with Crippen molar-refractivity contribution in [3.05, 3.63) is 35.4 Å². The third-order valence-corrected chi connectivity index (χ3v) is 4.36. The number of amides is 2. The fraction of sp³-hybridized carbons (Fsp3) is 0.500. The van der Waals surface area contributed by atoms with Crippen molar-refractivity contribution in [3.63, 3.8) is 0 Å². The number of carbonyl (C=O) groups excluding carboxylic acids is 2. The fourth-order valence-electron chi connectivity index (χ4n) is 2.79. The Morgan fingerprint density at radius 3 is 1.35 bits per heavy atom. The van der Waals surface area contributed by atoms with Gasteiger partial charge in [0.1, 0.15) is 12.1 Å². The zero-order valence-corrected chi connectivity index (χ0v) is 15.9. The number of hydrogen-bond donors (Lipinski definition) is 0. The molecule has 1 rings (SSSR count). The number of carbonyl (C=O) groups is 2. The molecule has 1 aromatic rings. The maximum atomic E-state index is 11.8. The molecule has 0 saturated heterocycles. The van der Waals surface area contributed by atoms with E-state index in [1.165, 1.54) is 13.8 Å². The van der Waals surface area contributed by atoms with Gasteiger partial charge in [-0.2, -0.15) is 10.5 Å². The summed E-state index contributed by atoms with van der Waals surface area (Å²) in [4.78, 5) is 26.8. The summed E-state index contributed by atoms with van der Waals surface area (Å²) in [5.74, 6) is -0.268. The molecule has 0 aliphatic rings. The van der Waals surface area contributed by atoms with Crippen molar-refractivity contribution < 1.29 is 9.59 Å². The predicted octanol–water partition coefficient (Wildman–Crippen LogP) is 2.99. The highest BCUT2D eigenvalue weighted by atomic mass is 16.2. The average Bonchev–Trinajstić information content (AvgIpc) is 2.62. The minimum Gasteiger partial charge on any atom is -0.323 e. The van der Waals surface area contributed by atoms with E-state index in [0.29, 0.717) is 25.9 Å². The summed E-state index contributed by atoms with van der Waals surface area (Å²) < 4.78 is 0. The van der Waals surface area contributed by atoms with Crippen molar-refractivity contribution in [1.29, 1.82) is 10.5 Å². The second-order valence-corrected chi connectivity index (χ2v) is 6.22. The highest BCUT2D eigenvalue weighted by Crippen LogP contribution is 2.15. The van der Waals surface area contributed by atoms with Crippen molar-refractivity contribution in [2.24, 2.45) is 0 Å². The van der Waals surface area contributed by atoms with Gasteiger partial charge in [-0.25, -0.2) is 0 Å². The Kier molecular flexibility index (Phi) is 8.31. The standard InChI is InChI=1S/C20H26N4O2/c1-5-19(11-21)23(15(3)25)13-17-7-9-18(10-8-17)14-24(16(4)26)20(6-2)12-22/h7-10,19-20H,5-6,13-14H2,1-4H3. The average molecular weight is 354 g/mol. The summed E-state index contributed by atoms with van der Waals surface area (Å²) in [7, 11) is 0.